The van der Waals surface area contributed by atoms with Crippen molar-refractivity contribution in [2.45, 2.75) is 46.5 Å². The van der Waals surface area contributed by atoms with Crippen molar-refractivity contribution in [3.05, 3.63) is 58.8 Å². The third-order valence-corrected chi connectivity index (χ3v) is 5.81. The maximum atomic E-state index is 12.6. The van der Waals surface area contributed by atoms with Crippen LogP contribution in [0.5, 0.6) is 0 Å². The second-order valence-electron chi connectivity index (χ2n) is 9.04. The lowest BCUT2D eigenvalue weighted by molar-refractivity contribution is -0.364. The molecule has 1 fully saturated rings. The molecule has 0 atom stereocenters. The topological polar surface area (TPSA) is 49.7 Å². The minimum absolute atomic E-state index is 0.0447. The number of urea groups is 1. The molecule has 1 saturated heterocycles. The summed E-state index contributed by atoms with van der Waals surface area (Å²) in [6.07, 6.45) is 2.80. The maximum Gasteiger partial charge on any atom is 0.317 e. The SMILES string of the molecule is Cc1cc(C(C)(C)C)cc(C)c1CCNC(=O)N1CCN(c2cccc[nH+]2)CC1. The summed E-state index contributed by atoms with van der Waals surface area (Å²) in [5, 5.41) is 3.12. The van der Waals surface area contributed by atoms with E-state index in [0.29, 0.717) is 6.54 Å². The highest BCUT2D eigenvalue weighted by atomic mass is 16.2. The highest BCUT2D eigenvalue weighted by Gasteiger charge is 2.25. The summed E-state index contributed by atoms with van der Waals surface area (Å²) in [5.41, 5.74) is 5.51. The Hall–Kier alpha value is -2.56. The number of H-pyrrole nitrogens is 1. The van der Waals surface area contributed by atoms with E-state index in [2.05, 4.69) is 68.0 Å². The third-order valence-electron chi connectivity index (χ3n) is 5.81. The van der Waals surface area contributed by atoms with Crippen LogP contribution in [0.15, 0.2) is 36.5 Å². The van der Waals surface area contributed by atoms with Crippen molar-refractivity contribution >= 4 is 11.8 Å². The molecular formula is C24H35N4O+. The number of pyridine rings is 1. The van der Waals surface area contributed by atoms with Gasteiger partial charge < -0.3 is 10.2 Å². The average Bonchev–Trinajstić information content (AvgIpc) is 2.70. The first-order valence-electron chi connectivity index (χ1n) is 10.6. The van der Waals surface area contributed by atoms with Gasteiger partial charge in [0, 0.05) is 12.6 Å². The van der Waals surface area contributed by atoms with Crippen molar-refractivity contribution in [2.24, 2.45) is 0 Å². The van der Waals surface area contributed by atoms with Gasteiger partial charge in [0.1, 0.15) is 13.1 Å². The number of carbonyl (C=O) groups is 1. The zero-order chi connectivity index (χ0) is 21.0. The molecule has 2 amide bonds. The molecule has 1 aliphatic rings. The van der Waals surface area contributed by atoms with Crippen molar-refractivity contribution in [3.63, 3.8) is 0 Å². The maximum absolute atomic E-state index is 12.6. The monoisotopic (exact) mass is 395 g/mol. The second kappa shape index (κ2) is 8.85. The van der Waals surface area contributed by atoms with Crippen molar-refractivity contribution in [3.8, 4) is 0 Å². The van der Waals surface area contributed by atoms with E-state index >= 15 is 0 Å². The molecule has 1 aromatic carbocycles. The van der Waals surface area contributed by atoms with Gasteiger partial charge in [-0.2, -0.15) is 0 Å². The van der Waals surface area contributed by atoms with Gasteiger partial charge in [-0.1, -0.05) is 39.0 Å². The second-order valence-corrected chi connectivity index (χ2v) is 9.04. The highest BCUT2D eigenvalue weighted by Crippen LogP contribution is 2.27. The van der Waals surface area contributed by atoms with Gasteiger partial charge in [-0.25, -0.2) is 9.78 Å². The van der Waals surface area contributed by atoms with Crippen LogP contribution in [-0.2, 0) is 11.8 Å². The molecule has 5 nitrogen and oxygen atoms in total. The number of amides is 2. The number of aryl methyl sites for hydroxylation is 2. The van der Waals surface area contributed by atoms with Crippen molar-refractivity contribution in [2.75, 3.05) is 37.6 Å². The van der Waals surface area contributed by atoms with Crippen LogP contribution >= 0.6 is 0 Å². The Balaban J connectivity index is 1.49. The number of anilines is 1. The van der Waals surface area contributed by atoms with E-state index in [-0.39, 0.29) is 11.4 Å². The van der Waals surface area contributed by atoms with Gasteiger partial charge in [0.05, 0.1) is 19.3 Å². The minimum Gasteiger partial charge on any atom is -0.338 e. The fourth-order valence-corrected chi connectivity index (χ4v) is 3.96. The zero-order valence-corrected chi connectivity index (χ0v) is 18.5. The molecule has 0 radical (unpaired) electrons. The van der Waals surface area contributed by atoms with E-state index in [0.717, 1.165) is 38.4 Å². The summed E-state index contributed by atoms with van der Waals surface area (Å²) < 4.78 is 0. The molecule has 1 aromatic heterocycles. The number of aromatic nitrogens is 1. The Bertz CT molecular complexity index is 811. The molecule has 5 heteroatoms. The number of hydrogen-bond acceptors (Lipinski definition) is 2. The quantitative estimate of drug-likeness (QED) is 0.862. The molecule has 3 rings (SSSR count). The van der Waals surface area contributed by atoms with Gasteiger partial charge in [-0.3, -0.25) is 4.90 Å². The van der Waals surface area contributed by atoms with Crippen molar-refractivity contribution in [1.29, 1.82) is 0 Å². The van der Waals surface area contributed by atoms with Gasteiger partial charge >= 0.3 is 6.03 Å². The van der Waals surface area contributed by atoms with E-state index in [1.165, 1.54) is 22.3 Å². The molecule has 29 heavy (non-hydrogen) atoms. The molecule has 1 aliphatic heterocycles. The predicted molar refractivity (Wildman–Crippen MR) is 119 cm³/mol. The van der Waals surface area contributed by atoms with Crippen LogP contribution in [-0.4, -0.2) is 43.7 Å². The normalized spacial score (nSPS) is 14.8. The first-order chi connectivity index (χ1) is 13.8. The number of benzene rings is 1. The summed E-state index contributed by atoms with van der Waals surface area (Å²) in [6, 6.07) is 10.7. The van der Waals surface area contributed by atoms with Gasteiger partial charge in [0.25, 0.3) is 5.82 Å². The van der Waals surface area contributed by atoms with Crippen LogP contribution in [0.3, 0.4) is 0 Å². The molecule has 0 bridgehead atoms. The van der Waals surface area contributed by atoms with Crippen molar-refractivity contribution in [1.82, 2.24) is 10.2 Å². The van der Waals surface area contributed by atoms with E-state index in [4.69, 9.17) is 0 Å². The predicted octanol–water partition coefficient (Wildman–Crippen LogP) is 3.49. The van der Waals surface area contributed by atoms with E-state index < -0.39 is 0 Å². The smallest absolute Gasteiger partial charge is 0.317 e. The number of aromatic amines is 1. The van der Waals surface area contributed by atoms with Crippen LogP contribution < -0.4 is 15.2 Å². The lowest BCUT2D eigenvalue weighted by Gasteiger charge is -2.31. The number of hydrogen-bond donors (Lipinski definition) is 1. The molecule has 0 unspecified atom stereocenters. The number of carbonyl (C=O) groups excluding carboxylic acids is 1. The van der Waals surface area contributed by atoms with Crippen LogP contribution in [0.4, 0.5) is 10.6 Å². The summed E-state index contributed by atoms with van der Waals surface area (Å²) >= 11 is 0. The fraction of sp³-hybridized carbons (Fsp3) is 0.500. The number of nitrogens with zero attached hydrogens (tertiary/aromatic N) is 2. The molecule has 2 heterocycles. The average molecular weight is 396 g/mol. The largest absolute Gasteiger partial charge is 0.338 e. The summed E-state index contributed by atoms with van der Waals surface area (Å²) in [4.78, 5) is 20.0. The van der Waals surface area contributed by atoms with Gasteiger partial charge in [0.15, 0.2) is 0 Å². The van der Waals surface area contributed by atoms with Gasteiger partial charge in [-0.05, 0) is 54.0 Å². The lowest BCUT2D eigenvalue weighted by Crippen LogP contribution is -2.53. The Morgan fingerprint density at radius 1 is 1.07 bits per heavy atom. The van der Waals surface area contributed by atoms with Gasteiger partial charge in [0.2, 0.25) is 0 Å². The Kier molecular flexibility index (Phi) is 6.46. The van der Waals surface area contributed by atoms with Crippen LogP contribution in [0, 0.1) is 13.8 Å². The molecular weight excluding hydrogens is 360 g/mol. The Labute approximate surface area is 175 Å². The third kappa shape index (κ3) is 5.28. The molecule has 0 saturated carbocycles. The van der Waals surface area contributed by atoms with Crippen LogP contribution in [0.25, 0.3) is 0 Å². The zero-order valence-electron chi connectivity index (χ0n) is 18.5. The Morgan fingerprint density at radius 2 is 1.72 bits per heavy atom. The van der Waals surface area contributed by atoms with Crippen molar-refractivity contribution < 1.29 is 9.78 Å². The molecule has 0 aliphatic carbocycles. The fourth-order valence-electron chi connectivity index (χ4n) is 3.96. The lowest BCUT2D eigenvalue weighted by atomic mass is 9.83. The number of rotatable bonds is 4. The van der Waals surface area contributed by atoms with E-state index in [1.807, 2.05) is 23.2 Å². The highest BCUT2D eigenvalue weighted by molar-refractivity contribution is 5.74. The summed E-state index contributed by atoms with van der Waals surface area (Å²) in [5.74, 6) is 1.11. The first-order valence-corrected chi connectivity index (χ1v) is 10.6. The standard InChI is InChI=1S/C24H34N4O/c1-18-16-20(24(3,4)5)17-19(2)21(18)9-11-26-23(29)28-14-12-27(13-15-28)22-8-6-7-10-25-22/h6-8,10,16-17H,9,11-15H2,1-5H3,(H,26,29)/p+1. The molecule has 2 aromatic rings. The van der Waals surface area contributed by atoms with E-state index in [1.54, 1.807) is 0 Å². The van der Waals surface area contributed by atoms with Gasteiger partial charge in [-0.15, -0.1) is 0 Å². The molecule has 0 spiro atoms. The summed E-state index contributed by atoms with van der Waals surface area (Å²) in [7, 11) is 0. The van der Waals surface area contributed by atoms with Crippen LogP contribution in [0.2, 0.25) is 0 Å². The Morgan fingerprint density at radius 3 is 2.28 bits per heavy atom. The molecule has 2 N–H and O–H groups in total. The summed E-state index contributed by atoms with van der Waals surface area (Å²) in [6.45, 7) is 14.9. The number of piperazine rings is 1. The first kappa shape index (κ1) is 21.2. The van der Waals surface area contributed by atoms with Crippen LogP contribution in [0.1, 0.15) is 43.0 Å². The number of nitrogens with one attached hydrogen (secondary N) is 2. The minimum atomic E-state index is 0.0447. The molecule has 156 valence electrons. The van der Waals surface area contributed by atoms with E-state index in [9.17, 15) is 4.79 Å².